The molecular formula is C110H74N10. The first-order valence-corrected chi connectivity index (χ1v) is 40.0. The normalized spacial score (nSPS) is 11.0. The van der Waals surface area contributed by atoms with Crippen LogP contribution in [0.3, 0.4) is 0 Å². The van der Waals surface area contributed by atoms with Crippen molar-refractivity contribution in [2.45, 2.75) is 0 Å². The zero-order valence-electron chi connectivity index (χ0n) is 65.2. The summed E-state index contributed by atoms with van der Waals surface area (Å²) >= 11 is 0. The Morgan fingerprint density at radius 3 is 0.483 bits per heavy atom. The van der Waals surface area contributed by atoms with Crippen molar-refractivity contribution in [2.24, 2.45) is 0 Å². The lowest BCUT2D eigenvalue weighted by Crippen LogP contribution is -2.00. The molecule has 0 radical (unpaired) electrons. The molecule has 0 spiro atoms. The van der Waals surface area contributed by atoms with Crippen molar-refractivity contribution in [3.63, 3.8) is 0 Å². The molecule has 0 bridgehead atoms. The summed E-state index contributed by atoms with van der Waals surface area (Å²) in [5.41, 5.74) is 28.4. The minimum Gasteiger partial charge on any atom is -0.228 e. The highest BCUT2D eigenvalue weighted by molar-refractivity contribution is 5.83. The van der Waals surface area contributed by atoms with Crippen LogP contribution >= 0.6 is 0 Å². The number of hydrogen-bond donors (Lipinski definition) is 0. The zero-order valence-corrected chi connectivity index (χ0v) is 65.2. The van der Waals surface area contributed by atoms with Crippen molar-refractivity contribution in [2.75, 3.05) is 0 Å². The fraction of sp³-hybridized carbons (Fsp3) is 0. The fourth-order valence-electron chi connectivity index (χ4n) is 14.8. The number of rotatable bonds is 18. The van der Waals surface area contributed by atoms with E-state index >= 15 is 0 Å². The van der Waals surface area contributed by atoms with Gasteiger partial charge in [-0.2, -0.15) is 0 Å². The SMILES string of the molecule is c1ccc(-c2ccc(-c3nc(-c4ccc(-c5ccccc5)cc4)nc(-c4ccc(-c5cccc(-c6cc(-c7ccccc7)nc(-c7ccccc7)n6)c5)cc4)n3)cc2)cc1.c1ccc(-c2cccc(-c3cc(-c4cccc(-c5ccc(-c6nc(-c7ccccc7)nc(-c7cccc(-c8ccccc8)c7)n6)cc5)c4)nc(-c4ccccc4)n3)c2)cc1. The van der Waals surface area contributed by atoms with E-state index in [1.54, 1.807) is 0 Å². The van der Waals surface area contributed by atoms with E-state index in [1.165, 1.54) is 0 Å². The first-order valence-electron chi connectivity index (χ1n) is 40.0. The predicted octanol–water partition coefficient (Wildman–Crippen LogP) is 27.3. The Morgan fingerprint density at radius 2 is 0.225 bits per heavy atom. The molecular weight excluding hydrogens is 1460 g/mol. The zero-order chi connectivity index (χ0) is 80.2. The Balaban J connectivity index is 0.000000159. The summed E-state index contributed by atoms with van der Waals surface area (Å²) in [6.07, 6.45) is 0. The lowest BCUT2D eigenvalue weighted by molar-refractivity contribution is 1.07. The van der Waals surface area contributed by atoms with Gasteiger partial charge < -0.3 is 0 Å². The molecule has 0 fully saturated rings. The Morgan fingerprint density at radius 1 is 0.0833 bits per heavy atom. The van der Waals surface area contributed by atoms with E-state index in [2.05, 4.69) is 328 Å². The Bertz CT molecular complexity index is 6770. The lowest BCUT2D eigenvalue weighted by atomic mass is 9.98. The smallest absolute Gasteiger partial charge is 0.164 e. The fourth-order valence-corrected chi connectivity index (χ4v) is 14.8. The first kappa shape index (κ1) is 73.8. The summed E-state index contributed by atoms with van der Waals surface area (Å²) < 4.78 is 0. The van der Waals surface area contributed by atoms with Crippen molar-refractivity contribution in [1.82, 2.24) is 49.8 Å². The maximum atomic E-state index is 5.12. The van der Waals surface area contributed by atoms with Gasteiger partial charge in [-0.25, -0.2) is 49.8 Å². The molecule has 0 saturated heterocycles. The molecule has 10 nitrogen and oxygen atoms in total. The van der Waals surface area contributed by atoms with Crippen molar-refractivity contribution in [1.29, 1.82) is 0 Å². The van der Waals surface area contributed by atoms with Crippen molar-refractivity contribution in [3.8, 4) is 203 Å². The summed E-state index contributed by atoms with van der Waals surface area (Å²) in [6, 6.07) is 154. The van der Waals surface area contributed by atoms with Crippen LogP contribution in [0, 0.1) is 0 Å². The van der Waals surface area contributed by atoms with Gasteiger partial charge in [0.1, 0.15) is 0 Å². The Kier molecular flexibility index (Phi) is 21.2. The molecule has 120 heavy (non-hydrogen) atoms. The molecule has 4 heterocycles. The number of nitrogens with zero attached hydrogens (tertiary/aromatic N) is 10. The Hall–Kier alpha value is -16.3. The highest BCUT2D eigenvalue weighted by atomic mass is 15.0. The molecule has 0 aliphatic rings. The van der Waals surface area contributed by atoms with Gasteiger partial charge in [0.05, 0.1) is 22.8 Å². The second kappa shape index (κ2) is 34.4. The van der Waals surface area contributed by atoms with Gasteiger partial charge in [0, 0.05) is 66.8 Å². The highest BCUT2D eigenvalue weighted by Crippen LogP contribution is 2.38. The van der Waals surface area contributed by atoms with Crippen LogP contribution in [0.5, 0.6) is 0 Å². The van der Waals surface area contributed by atoms with Gasteiger partial charge >= 0.3 is 0 Å². The van der Waals surface area contributed by atoms with Gasteiger partial charge in [0.25, 0.3) is 0 Å². The molecule has 20 rings (SSSR count). The average Bonchev–Trinajstić information content (AvgIpc) is 0.764. The van der Waals surface area contributed by atoms with E-state index in [0.29, 0.717) is 46.6 Å². The second-order valence-corrected chi connectivity index (χ2v) is 29.1. The molecule has 10 heteroatoms. The predicted molar refractivity (Wildman–Crippen MR) is 489 cm³/mol. The molecule has 0 aliphatic carbocycles. The molecule has 20 aromatic rings. The van der Waals surface area contributed by atoms with Crippen molar-refractivity contribution >= 4 is 0 Å². The summed E-state index contributed by atoms with van der Waals surface area (Å²) in [5.74, 6) is 5.09. The number of hydrogen-bond acceptors (Lipinski definition) is 10. The second-order valence-electron chi connectivity index (χ2n) is 29.1. The van der Waals surface area contributed by atoms with Crippen LogP contribution in [0.15, 0.2) is 449 Å². The lowest BCUT2D eigenvalue weighted by Gasteiger charge is -2.12. The third kappa shape index (κ3) is 16.8. The maximum absolute atomic E-state index is 5.12. The van der Waals surface area contributed by atoms with Gasteiger partial charge in [-0.3, -0.25) is 0 Å². The van der Waals surface area contributed by atoms with Crippen LogP contribution in [0.1, 0.15) is 0 Å². The van der Waals surface area contributed by atoms with Crippen molar-refractivity contribution < 1.29 is 0 Å². The minimum atomic E-state index is 0.609. The molecule has 4 aromatic heterocycles. The molecule has 0 N–H and O–H groups in total. The third-order valence-corrected chi connectivity index (χ3v) is 21.2. The molecule has 0 aliphatic heterocycles. The Labute approximate surface area is 697 Å². The van der Waals surface area contributed by atoms with E-state index in [9.17, 15) is 0 Å². The van der Waals surface area contributed by atoms with E-state index in [1.807, 2.05) is 121 Å². The molecule has 0 unspecified atom stereocenters. The molecule has 0 amide bonds. The summed E-state index contributed by atoms with van der Waals surface area (Å²) in [7, 11) is 0. The van der Waals surface area contributed by atoms with Gasteiger partial charge in [-0.15, -0.1) is 0 Å². The average molecular weight is 1540 g/mol. The largest absolute Gasteiger partial charge is 0.228 e. The quantitative estimate of drug-likeness (QED) is 0.0819. The van der Waals surface area contributed by atoms with E-state index in [4.69, 9.17) is 49.8 Å². The summed E-state index contributed by atoms with van der Waals surface area (Å²) in [6.45, 7) is 0. The van der Waals surface area contributed by atoms with E-state index < -0.39 is 0 Å². The topological polar surface area (TPSA) is 129 Å². The summed E-state index contributed by atoms with van der Waals surface area (Å²) in [5, 5.41) is 0. The third-order valence-electron chi connectivity index (χ3n) is 21.2. The maximum Gasteiger partial charge on any atom is 0.164 e. The number of benzene rings is 16. The molecule has 16 aromatic carbocycles. The molecule has 0 saturated carbocycles. The van der Waals surface area contributed by atoms with E-state index in [-0.39, 0.29) is 0 Å². The standard InChI is InChI=1S/2C55H37N5/c1-5-16-38(17-6-1)44-24-13-27-47(34-44)50-37-51(57-52(56-50)41-20-9-3-10-21-41)48-28-14-25-45(35-48)40-30-32-43(33-31-40)54-58-53(42-22-11-4-12-23-42)59-55(60-54)49-29-15-26-46(36-49)39-18-7-2-8-19-39;1-5-14-38(15-6-1)40-24-30-45(31-25-40)53-58-54(46-32-26-41(27-33-46)39-16-7-2-8-17-39)60-55(59-53)47-34-28-42(29-35-47)48-22-13-23-49(36-48)51-37-50(43-18-9-3-10-19-43)56-52(57-51)44-20-11-4-12-21-44/h2*1-37H. The monoisotopic (exact) mass is 1530 g/mol. The van der Waals surface area contributed by atoms with Crippen LogP contribution in [0.4, 0.5) is 0 Å². The van der Waals surface area contributed by atoms with Gasteiger partial charge in [-0.05, 0) is 103 Å². The van der Waals surface area contributed by atoms with Gasteiger partial charge in [0.2, 0.25) is 0 Å². The van der Waals surface area contributed by atoms with Crippen LogP contribution in [-0.2, 0) is 0 Å². The number of aromatic nitrogens is 10. The van der Waals surface area contributed by atoms with Crippen LogP contribution < -0.4 is 0 Å². The van der Waals surface area contributed by atoms with Crippen LogP contribution in [-0.4, -0.2) is 49.8 Å². The highest BCUT2D eigenvalue weighted by Gasteiger charge is 2.20. The van der Waals surface area contributed by atoms with Crippen LogP contribution in [0.2, 0.25) is 0 Å². The molecule has 0 atom stereocenters. The van der Waals surface area contributed by atoms with E-state index in [0.717, 1.165) is 156 Å². The van der Waals surface area contributed by atoms with Gasteiger partial charge in [-0.1, -0.05) is 413 Å². The minimum absolute atomic E-state index is 0.609. The summed E-state index contributed by atoms with van der Waals surface area (Å²) in [4.78, 5) is 50.4. The van der Waals surface area contributed by atoms with Crippen molar-refractivity contribution in [3.05, 3.63) is 449 Å². The van der Waals surface area contributed by atoms with Crippen LogP contribution in [0.25, 0.3) is 203 Å². The van der Waals surface area contributed by atoms with Gasteiger partial charge in [0.15, 0.2) is 46.6 Å². The molecule has 564 valence electrons. The first-order chi connectivity index (χ1) is 59.4.